The monoisotopic (exact) mass is 821 g/mol. The number of rotatable bonds is 8. The Balaban J connectivity index is 1.97. The maximum absolute atomic E-state index is 17.6. The van der Waals surface area contributed by atoms with Crippen LogP contribution in [-0.4, -0.2) is 10.3 Å². The summed E-state index contributed by atoms with van der Waals surface area (Å²) in [4.78, 5) is 0. The Morgan fingerprint density at radius 3 is 0.689 bits per heavy atom. The van der Waals surface area contributed by atoms with Crippen LogP contribution in [0.4, 0.5) is 17.6 Å². The summed E-state index contributed by atoms with van der Waals surface area (Å²) >= 11 is -4.22. The first-order valence-corrected chi connectivity index (χ1v) is 26.0. The van der Waals surface area contributed by atoms with Gasteiger partial charge in [0.2, 0.25) is 0 Å². The average Bonchev–Trinajstić information content (AvgIpc) is 3.10. The Morgan fingerprint density at radius 2 is 0.533 bits per heavy atom. The van der Waals surface area contributed by atoms with E-state index >= 15 is 17.6 Å². The molecule has 0 saturated heterocycles. The predicted molar refractivity (Wildman–Crippen MR) is 185 cm³/mol. The van der Waals surface area contributed by atoms with E-state index in [1.54, 1.807) is 0 Å². The van der Waals surface area contributed by atoms with E-state index in [1.165, 1.54) is 0 Å². The molecule has 0 saturated carbocycles. The van der Waals surface area contributed by atoms with Crippen molar-refractivity contribution in [3.63, 3.8) is 0 Å². The minimum atomic E-state index is -5.14. The Kier molecular flexibility index (Phi) is 9.39. The van der Waals surface area contributed by atoms with Gasteiger partial charge in [-0.15, -0.1) is 0 Å². The van der Waals surface area contributed by atoms with Gasteiger partial charge in [-0.3, -0.25) is 0 Å². The van der Waals surface area contributed by atoms with E-state index in [4.69, 9.17) is 0 Å². The Hall–Kier alpha value is -3.54. The van der Waals surface area contributed by atoms with Crippen molar-refractivity contribution in [2.24, 2.45) is 0 Å². The van der Waals surface area contributed by atoms with E-state index in [9.17, 15) is 0 Å². The third kappa shape index (κ3) is 5.70. The molecule has 0 aliphatic heterocycles. The fourth-order valence-corrected chi connectivity index (χ4v) is 64.9. The fraction of sp³-hybridized carbons (Fsp3) is 0.0263. The van der Waals surface area contributed by atoms with Gasteiger partial charge in [-0.05, 0) is 0 Å². The molecular formula is C38H32F4P2Pt. The predicted octanol–water partition coefficient (Wildman–Crippen LogP) is 7.55. The van der Waals surface area contributed by atoms with E-state index in [0.29, 0.717) is 0 Å². The molecule has 232 valence electrons. The van der Waals surface area contributed by atoms with E-state index < -0.39 is 36.9 Å². The van der Waals surface area contributed by atoms with E-state index in [0.717, 1.165) is 31.8 Å². The van der Waals surface area contributed by atoms with Crippen molar-refractivity contribution in [2.45, 2.75) is 6.18 Å². The summed E-state index contributed by atoms with van der Waals surface area (Å²) in [5.74, 6) is 0. The molecule has 0 aliphatic carbocycles. The van der Waals surface area contributed by atoms with Gasteiger partial charge in [0.25, 0.3) is 0 Å². The van der Waals surface area contributed by atoms with Crippen molar-refractivity contribution in [1.29, 1.82) is 0 Å². The molecule has 0 bridgehead atoms. The van der Waals surface area contributed by atoms with Gasteiger partial charge in [0.05, 0.1) is 0 Å². The first-order valence-electron chi connectivity index (χ1n) is 14.4. The van der Waals surface area contributed by atoms with Gasteiger partial charge in [0.1, 0.15) is 0 Å². The van der Waals surface area contributed by atoms with E-state index in [-0.39, 0.29) is 0 Å². The molecule has 7 heteroatoms. The first kappa shape index (κ1) is 31.4. The Bertz CT molecular complexity index is 1540. The molecular weight excluding hydrogens is 789 g/mol. The topological polar surface area (TPSA) is 0 Å². The van der Waals surface area contributed by atoms with Gasteiger partial charge in [-0.2, -0.15) is 0 Å². The van der Waals surface area contributed by atoms with Crippen LogP contribution in [0.1, 0.15) is 0 Å². The van der Waals surface area contributed by atoms with Gasteiger partial charge in [-0.25, -0.2) is 0 Å². The van der Waals surface area contributed by atoms with Crippen molar-refractivity contribution in [2.75, 3.05) is 0 Å². The second-order valence-electron chi connectivity index (χ2n) is 10.4. The van der Waals surface area contributed by atoms with Crippen LogP contribution in [0.5, 0.6) is 0 Å². The summed E-state index contributed by atoms with van der Waals surface area (Å²) in [6.45, 7) is 0. The van der Waals surface area contributed by atoms with Crippen molar-refractivity contribution in [3.8, 4) is 0 Å². The fourth-order valence-electron chi connectivity index (χ4n) is 5.97. The molecule has 45 heavy (non-hydrogen) atoms. The summed E-state index contributed by atoms with van der Waals surface area (Å²) in [7, 11) is 0. The molecule has 0 N–H and O–H groups in total. The summed E-state index contributed by atoms with van der Waals surface area (Å²) in [6.07, 6.45) is -5.14. The number of benzene rings is 6. The molecule has 0 fully saturated rings. The van der Waals surface area contributed by atoms with Crippen LogP contribution in [-0.2, 0) is 15.8 Å². The van der Waals surface area contributed by atoms with E-state index in [1.807, 2.05) is 182 Å². The van der Waals surface area contributed by atoms with Crippen molar-refractivity contribution in [1.82, 2.24) is 0 Å². The van der Waals surface area contributed by atoms with Crippen LogP contribution in [0.25, 0.3) is 0 Å². The van der Waals surface area contributed by atoms with Crippen molar-refractivity contribution >= 4 is 46.7 Å². The number of halogens is 4. The van der Waals surface area contributed by atoms with Crippen LogP contribution >= 0.6 is 10.7 Å². The Morgan fingerprint density at radius 1 is 0.356 bits per heavy atom. The van der Waals surface area contributed by atoms with Gasteiger partial charge in [-0.1, -0.05) is 0 Å². The third-order valence-electron chi connectivity index (χ3n) is 7.73. The quantitative estimate of drug-likeness (QED) is 0.110. The van der Waals surface area contributed by atoms with Gasteiger partial charge in [0.15, 0.2) is 0 Å². The first-order chi connectivity index (χ1) is 21.9. The molecule has 0 atom stereocenters. The summed E-state index contributed by atoms with van der Waals surface area (Å²) in [5, 5.41) is -2.94. The zero-order valence-corrected chi connectivity index (χ0v) is 28.4. The zero-order valence-electron chi connectivity index (χ0n) is 24.1. The van der Waals surface area contributed by atoms with Crippen molar-refractivity contribution in [3.05, 3.63) is 182 Å². The van der Waals surface area contributed by atoms with Crippen LogP contribution in [0.3, 0.4) is 0 Å². The summed E-state index contributed by atoms with van der Waals surface area (Å²) < 4.78 is 62.4. The number of hydrogen-bond donors (Lipinski definition) is 0. The molecule has 0 aromatic heterocycles. The minimum absolute atomic E-state index is 0.784. The average molecular weight is 822 g/mol. The van der Waals surface area contributed by atoms with Crippen LogP contribution in [0.15, 0.2) is 182 Å². The third-order valence-corrected chi connectivity index (χ3v) is 52.8. The SMILES string of the molecule is F[C](=[Pt]([PH](c1ccccc1)(c1ccccc1)c1ccccc1)[PH](c1ccccc1)(c1ccccc1)c1ccccc1)C(F)(F)F. The molecule has 6 rings (SSSR count). The van der Waals surface area contributed by atoms with Gasteiger partial charge >= 0.3 is 268 Å². The second-order valence-corrected chi connectivity index (χ2v) is 37.0. The molecule has 6 aromatic rings. The maximum atomic E-state index is 17.6. The standard InChI is InChI=1S/2C18H15P.C2F4.Pt/c2*1-4-10-16(11-5-1)19(17-12-6-2-7-13-17)18-14-8-3-9-15-18;3-1-2(4,5)6;/h2*1-15H;;/q;;;-2/p+2. The second kappa shape index (κ2) is 13.4. The van der Waals surface area contributed by atoms with E-state index in [2.05, 4.69) is 0 Å². The molecule has 0 nitrogen and oxygen atoms in total. The van der Waals surface area contributed by atoms with Crippen LogP contribution < -0.4 is 31.8 Å². The molecule has 6 aromatic carbocycles. The number of alkyl halides is 3. The normalized spacial score (nSPS) is 13.1. The molecule has 0 aliphatic rings. The van der Waals surface area contributed by atoms with Crippen LogP contribution in [0.2, 0.25) is 0 Å². The number of hydrogen-bond acceptors (Lipinski definition) is 0. The summed E-state index contributed by atoms with van der Waals surface area (Å²) in [5.41, 5.74) is 0. The zero-order chi connectivity index (χ0) is 31.3. The molecule has 0 heterocycles. The van der Waals surface area contributed by atoms with Gasteiger partial charge in [0, 0.05) is 0 Å². The van der Waals surface area contributed by atoms with Crippen LogP contribution in [0, 0.1) is 0 Å². The molecule has 0 unspecified atom stereocenters. The summed E-state index contributed by atoms with van der Waals surface area (Å²) in [6, 6.07) is 56.9. The Labute approximate surface area is 267 Å². The molecule has 0 radical (unpaired) electrons. The van der Waals surface area contributed by atoms with Crippen molar-refractivity contribution < 1.29 is 33.4 Å². The molecule has 0 spiro atoms. The van der Waals surface area contributed by atoms with Gasteiger partial charge < -0.3 is 0 Å². The molecule has 0 amide bonds.